The van der Waals surface area contributed by atoms with Crippen molar-refractivity contribution in [3.63, 3.8) is 0 Å². The first kappa shape index (κ1) is 17.9. The summed E-state index contributed by atoms with van der Waals surface area (Å²) >= 11 is 3.11. The average Bonchev–Trinajstić information content (AvgIpc) is 2.94. The number of carbonyl (C=O) groups is 1. The largest absolute Gasteiger partial charge is 0.296 e. The third kappa shape index (κ3) is 5.32. The number of amides is 1. The number of hydrogen-bond acceptors (Lipinski definition) is 5. The molecule has 0 bridgehead atoms. The van der Waals surface area contributed by atoms with Crippen LogP contribution in [0.3, 0.4) is 0 Å². The van der Waals surface area contributed by atoms with Crippen LogP contribution in [0.2, 0.25) is 0 Å². The molecule has 0 atom stereocenters. The SMILES string of the molecule is CCCCSc1nnc(NC(=O)c2ccc(C(C)(C)C)cc2)s1. The van der Waals surface area contributed by atoms with Crippen LogP contribution in [0, 0.1) is 0 Å². The first-order valence-corrected chi connectivity index (χ1v) is 9.58. The minimum atomic E-state index is -0.147. The van der Waals surface area contributed by atoms with Crippen LogP contribution in [0.25, 0.3) is 0 Å². The Labute approximate surface area is 146 Å². The number of nitrogens with zero attached hydrogens (tertiary/aromatic N) is 2. The molecule has 0 spiro atoms. The molecule has 4 nitrogen and oxygen atoms in total. The molecule has 23 heavy (non-hydrogen) atoms. The van der Waals surface area contributed by atoms with Gasteiger partial charge in [0.05, 0.1) is 0 Å². The highest BCUT2D eigenvalue weighted by Crippen LogP contribution is 2.27. The summed E-state index contributed by atoms with van der Waals surface area (Å²) in [7, 11) is 0. The molecule has 0 aliphatic rings. The van der Waals surface area contributed by atoms with Crippen LogP contribution in [-0.2, 0) is 5.41 Å². The van der Waals surface area contributed by atoms with Gasteiger partial charge in [-0.3, -0.25) is 10.1 Å². The smallest absolute Gasteiger partial charge is 0.257 e. The molecule has 1 aromatic carbocycles. The highest BCUT2D eigenvalue weighted by atomic mass is 32.2. The fraction of sp³-hybridized carbons (Fsp3) is 0.471. The van der Waals surface area contributed by atoms with Crippen molar-refractivity contribution in [3.8, 4) is 0 Å². The van der Waals surface area contributed by atoms with Gasteiger partial charge in [-0.25, -0.2) is 0 Å². The van der Waals surface area contributed by atoms with Crippen molar-refractivity contribution in [1.82, 2.24) is 10.2 Å². The summed E-state index contributed by atoms with van der Waals surface area (Å²) in [6.07, 6.45) is 2.33. The van der Waals surface area contributed by atoms with E-state index in [1.54, 1.807) is 11.8 Å². The summed E-state index contributed by atoms with van der Waals surface area (Å²) in [6.45, 7) is 8.63. The molecule has 1 heterocycles. The van der Waals surface area contributed by atoms with Gasteiger partial charge >= 0.3 is 0 Å². The molecule has 1 aromatic heterocycles. The Morgan fingerprint density at radius 3 is 2.52 bits per heavy atom. The maximum atomic E-state index is 12.3. The van der Waals surface area contributed by atoms with Crippen molar-refractivity contribution in [3.05, 3.63) is 35.4 Å². The zero-order chi connectivity index (χ0) is 16.9. The molecule has 0 aliphatic heterocycles. The summed E-state index contributed by atoms with van der Waals surface area (Å²) in [5.41, 5.74) is 1.92. The fourth-order valence-electron chi connectivity index (χ4n) is 1.91. The van der Waals surface area contributed by atoms with E-state index in [2.05, 4.69) is 43.2 Å². The van der Waals surface area contributed by atoms with E-state index in [9.17, 15) is 4.79 Å². The van der Waals surface area contributed by atoms with Gasteiger partial charge < -0.3 is 0 Å². The Balaban J connectivity index is 1.96. The molecule has 6 heteroatoms. The molecule has 2 aromatic rings. The van der Waals surface area contributed by atoms with Crippen LogP contribution >= 0.6 is 23.1 Å². The Hall–Kier alpha value is -1.40. The fourth-order valence-corrected chi connectivity index (χ4v) is 3.81. The molecular formula is C17H23N3OS2. The van der Waals surface area contributed by atoms with Crippen LogP contribution < -0.4 is 5.32 Å². The van der Waals surface area contributed by atoms with E-state index < -0.39 is 0 Å². The van der Waals surface area contributed by atoms with Gasteiger partial charge in [-0.15, -0.1) is 10.2 Å². The topological polar surface area (TPSA) is 54.9 Å². The van der Waals surface area contributed by atoms with Gasteiger partial charge in [0, 0.05) is 11.3 Å². The summed E-state index contributed by atoms with van der Waals surface area (Å²) in [6, 6.07) is 7.71. The third-order valence-electron chi connectivity index (χ3n) is 3.36. The van der Waals surface area contributed by atoms with E-state index >= 15 is 0 Å². The Bertz CT molecular complexity index is 645. The number of anilines is 1. The van der Waals surface area contributed by atoms with E-state index in [1.165, 1.54) is 23.3 Å². The lowest BCUT2D eigenvalue weighted by molar-refractivity contribution is 0.102. The summed E-state index contributed by atoms with van der Waals surface area (Å²) in [5.74, 6) is 0.889. The average molecular weight is 350 g/mol. The van der Waals surface area contributed by atoms with E-state index in [4.69, 9.17) is 0 Å². The van der Waals surface area contributed by atoms with Gasteiger partial charge in [-0.05, 0) is 29.5 Å². The second-order valence-electron chi connectivity index (χ2n) is 6.36. The Morgan fingerprint density at radius 2 is 1.91 bits per heavy atom. The minimum Gasteiger partial charge on any atom is -0.296 e. The first-order chi connectivity index (χ1) is 10.9. The predicted molar refractivity (Wildman–Crippen MR) is 98.6 cm³/mol. The first-order valence-electron chi connectivity index (χ1n) is 7.78. The standard InChI is InChI=1S/C17H23N3OS2/c1-5-6-11-22-16-20-19-15(23-16)18-14(21)12-7-9-13(10-8-12)17(2,3)4/h7-10H,5-6,11H2,1-4H3,(H,18,19,21). The Morgan fingerprint density at radius 1 is 1.22 bits per heavy atom. The highest BCUT2D eigenvalue weighted by Gasteiger charge is 2.15. The van der Waals surface area contributed by atoms with Gasteiger partial charge in [-0.2, -0.15) is 0 Å². The maximum Gasteiger partial charge on any atom is 0.257 e. The van der Waals surface area contributed by atoms with E-state index in [0.29, 0.717) is 10.7 Å². The second kappa shape index (κ2) is 7.93. The molecule has 1 N–H and O–H groups in total. The molecule has 0 saturated carbocycles. The zero-order valence-corrected chi connectivity index (χ0v) is 15.7. The lowest BCUT2D eigenvalue weighted by Crippen LogP contribution is -2.14. The zero-order valence-electron chi connectivity index (χ0n) is 14.0. The summed E-state index contributed by atoms with van der Waals surface area (Å²) in [5, 5.41) is 11.5. The normalized spacial score (nSPS) is 11.5. The number of thioether (sulfide) groups is 1. The maximum absolute atomic E-state index is 12.3. The molecule has 0 radical (unpaired) electrons. The van der Waals surface area contributed by atoms with Crippen molar-refractivity contribution in [2.24, 2.45) is 0 Å². The van der Waals surface area contributed by atoms with Crippen molar-refractivity contribution in [2.75, 3.05) is 11.1 Å². The number of unbranched alkanes of at least 4 members (excludes halogenated alkanes) is 1. The third-order valence-corrected chi connectivity index (χ3v) is 5.42. The monoisotopic (exact) mass is 349 g/mol. The van der Waals surface area contributed by atoms with Gasteiger partial charge in [0.1, 0.15) is 0 Å². The van der Waals surface area contributed by atoms with Crippen LogP contribution in [0.1, 0.15) is 56.5 Å². The molecule has 0 unspecified atom stereocenters. The number of nitrogens with one attached hydrogen (secondary N) is 1. The van der Waals surface area contributed by atoms with Crippen molar-refractivity contribution in [1.29, 1.82) is 0 Å². The van der Waals surface area contributed by atoms with Crippen molar-refractivity contribution < 1.29 is 4.79 Å². The van der Waals surface area contributed by atoms with Crippen molar-refractivity contribution >= 4 is 34.1 Å². The van der Waals surface area contributed by atoms with Crippen LogP contribution in [0.4, 0.5) is 5.13 Å². The van der Waals surface area contributed by atoms with Gasteiger partial charge in [0.15, 0.2) is 4.34 Å². The number of carbonyl (C=O) groups excluding carboxylic acids is 1. The number of benzene rings is 1. The highest BCUT2D eigenvalue weighted by molar-refractivity contribution is 8.01. The summed E-state index contributed by atoms with van der Waals surface area (Å²) < 4.78 is 0.900. The van der Waals surface area contributed by atoms with Crippen LogP contribution in [0.15, 0.2) is 28.6 Å². The molecular weight excluding hydrogens is 326 g/mol. The van der Waals surface area contributed by atoms with E-state index in [1.807, 2.05) is 24.3 Å². The summed E-state index contributed by atoms with van der Waals surface area (Å²) in [4.78, 5) is 12.3. The van der Waals surface area contributed by atoms with Gasteiger partial charge in [0.25, 0.3) is 5.91 Å². The van der Waals surface area contributed by atoms with E-state index in [0.717, 1.165) is 16.5 Å². The Kier molecular flexibility index (Phi) is 6.18. The molecule has 0 saturated heterocycles. The van der Waals surface area contributed by atoms with Crippen LogP contribution in [-0.4, -0.2) is 21.9 Å². The predicted octanol–water partition coefficient (Wildman–Crippen LogP) is 4.98. The number of hydrogen-bond donors (Lipinski definition) is 1. The van der Waals surface area contributed by atoms with Gasteiger partial charge in [0.2, 0.25) is 5.13 Å². The number of aromatic nitrogens is 2. The molecule has 124 valence electrons. The molecule has 2 rings (SSSR count). The quantitative estimate of drug-likeness (QED) is 0.454. The lowest BCUT2D eigenvalue weighted by Gasteiger charge is -2.18. The molecule has 1 amide bonds. The molecule has 0 aliphatic carbocycles. The van der Waals surface area contributed by atoms with E-state index in [-0.39, 0.29) is 11.3 Å². The minimum absolute atomic E-state index is 0.0822. The number of rotatable bonds is 6. The van der Waals surface area contributed by atoms with Crippen LogP contribution in [0.5, 0.6) is 0 Å². The van der Waals surface area contributed by atoms with Gasteiger partial charge in [-0.1, -0.05) is 69.3 Å². The second-order valence-corrected chi connectivity index (χ2v) is 8.68. The van der Waals surface area contributed by atoms with Crippen molar-refractivity contribution in [2.45, 2.75) is 50.3 Å². The lowest BCUT2D eigenvalue weighted by atomic mass is 9.87. The molecule has 0 fully saturated rings.